The molecule has 0 spiro atoms. The first-order valence-corrected chi connectivity index (χ1v) is 8.54. The Morgan fingerprint density at radius 1 is 1.11 bits per heavy atom. The summed E-state index contributed by atoms with van der Waals surface area (Å²) >= 11 is 0. The lowest BCUT2D eigenvalue weighted by atomic mass is 10.2. The molecule has 0 saturated carbocycles. The molecular formula is C17H20N6O4. The highest BCUT2D eigenvalue weighted by Gasteiger charge is 2.28. The number of ether oxygens (including phenoxy) is 1. The number of nitrogens with zero attached hydrogens (tertiary/aromatic N) is 6. The molecule has 1 saturated heterocycles. The van der Waals surface area contributed by atoms with Crippen LogP contribution in [0.15, 0.2) is 30.6 Å². The third-order valence-electron chi connectivity index (χ3n) is 4.36. The van der Waals surface area contributed by atoms with E-state index in [1.54, 1.807) is 41.0 Å². The molecule has 0 radical (unpaired) electrons. The molecule has 1 atom stereocenters. The molecule has 1 fully saturated rings. The number of aromatic nitrogens is 4. The van der Waals surface area contributed by atoms with Crippen LogP contribution in [0, 0.1) is 0 Å². The molecular weight excluding hydrogens is 352 g/mol. The van der Waals surface area contributed by atoms with E-state index in [9.17, 15) is 14.4 Å². The van der Waals surface area contributed by atoms with Crippen LogP contribution in [0.1, 0.15) is 24.2 Å². The minimum absolute atomic E-state index is 0.0101. The molecule has 2 heterocycles. The SMILES string of the molecule is CC(=O)N1CCN(C(=O)C(C)OC(=O)c2cccc(-n3cnnn3)c2)CC1. The molecule has 0 aliphatic carbocycles. The predicted molar refractivity (Wildman–Crippen MR) is 92.9 cm³/mol. The van der Waals surface area contributed by atoms with Crippen LogP contribution in [0.4, 0.5) is 0 Å². The van der Waals surface area contributed by atoms with Crippen LogP contribution in [0.2, 0.25) is 0 Å². The molecule has 1 aliphatic heterocycles. The number of carbonyl (C=O) groups is 3. The number of benzene rings is 1. The molecule has 2 aromatic rings. The number of hydrogen-bond donors (Lipinski definition) is 0. The Labute approximate surface area is 155 Å². The van der Waals surface area contributed by atoms with Crippen molar-refractivity contribution in [3.05, 3.63) is 36.2 Å². The fourth-order valence-corrected chi connectivity index (χ4v) is 2.83. The maximum Gasteiger partial charge on any atom is 0.338 e. The molecule has 1 aliphatic rings. The summed E-state index contributed by atoms with van der Waals surface area (Å²) < 4.78 is 6.74. The van der Waals surface area contributed by atoms with E-state index in [-0.39, 0.29) is 11.8 Å². The van der Waals surface area contributed by atoms with Crippen molar-refractivity contribution in [2.45, 2.75) is 20.0 Å². The zero-order valence-corrected chi connectivity index (χ0v) is 15.1. The topological polar surface area (TPSA) is 111 Å². The lowest BCUT2D eigenvalue weighted by Gasteiger charge is -2.35. The first-order valence-electron chi connectivity index (χ1n) is 8.54. The molecule has 1 aromatic heterocycles. The predicted octanol–water partition coefficient (Wildman–Crippen LogP) is -0.102. The lowest BCUT2D eigenvalue weighted by Crippen LogP contribution is -2.52. The van der Waals surface area contributed by atoms with Crippen LogP contribution in [0.3, 0.4) is 0 Å². The Kier molecular flexibility index (Phi) is 5.43. The largest absolute Gasteiger partial charge is 0.449 e. The van der Waals surface area contributed by atoms with Crippen LogP contribution in [-0.2, 0) is 14.3 Å². The van der Waals surface area contributed by atoms with Crippen molar-refractivity contribution >= 4 is 17.8 Å². The van der Waals surface area contributed by atoms with Gasteiger partial charge in [0.2, 0.25) is 5.91 Å². The van der Waals surface area contributed by atoms with Gasteiger partial charge >= 0.3 is 5.97 Å². The summed E-state index contributed by atoms with van der Waals surface area (Å²) in [6, 6.07) is 6.61. The molecule has 27 heavy (non-hydrogen) atoms. The molecule has 0 N–H and O–H groups in total. The van der Waals surface area contributed by atoms with Gasteiger partial charge in [-0.05, 0) is 35.5 Å². The average molecular weight is 372 g/mol. The fourth-order valence-electron chi connectivity index (χ4n) is 2.83. The van der Waals surface area contributed by atoms with Crippen molar-refractivity contribution in [3.8, 4) is 5.69 Å². The van der Waals surface area contributed by atoms with Gasteiger partial charge in [-0.25, -0.2) is 9.48 Å². The van der Waals surface area contributed by atoms with Crippen LogP contribution in [0.25, 0.3) is 5.69 Å². The third kappa shape index (κ3) is 4.27. The van der Waals surface area contributed by atoms with E-state index in [2.05, 4.69) is 15.5 Å². The summed E-state index contributed by atoms with van der Waals surface area (Å²) in [6.07, 6.45) is 0.496. The molecule has 0 bridgehead atoms. The molecule has 2 amide bonds. The Balaban J connectivity index is 1.60. The van der Waals surface area contributed by atoms with Crippen molar-refractivity contribution in [3.63, 3.8) is 0 Å². The summed E-state index contributed by atoms with van der Waals surface area (Å²) in [5.41, 5.74) is 0.901. The van der Waals surface area contributed by atoms with Gasteiger partial charge in [0.15, 0.2) is 6.10 Å². The van der Waals surface area contributed by atoms with Gasteiger partial charge in [-0.3, -0.25) is 9.59 Å². The van der Waals surface area contributed by atoms with Crippen molar-refractivity contribution in [2.75, 3.05) is 26.2 Å². The standard InChI is InChI=1S/C17H20N6O4/c1-12(16(25)22-8-6-21(7-9-22)13(2)24)27-17(26)14-4-3-5-15(10-14)23-11-18-19-20-23/h3-5,10-12H,6-9H2,1-2H3. The zero-order chi connectivity index (χ0) is 19.4. The Morgan fingerprint density at radius 2 is 1.81 bits per heavy atom. The number of piperazine rings is 1. The molecule has 3 rings (SSSR count). The second-order valence-electron chi connectivity index (χ2n) is 6.18. The Morgan fingerprint density at radius 3 is 2.44 bits per heavy atom. The van der Waals surface area contributed by atoms with Crippen molar-refractivity contribution < 1.29 is 19.1 Å². The summed E-state index contributed by atoms with van der Waals surface area (Å²) in [6.45, 7) is 4.86. The highest BCUT2D eigenvalue weighted by molar-refractivity contribution is 5.92. The highest BCUT2D eigenvalue weighted by Crippen LogP contribution is 2.12. The number of rotatable bonds is 4. The second kappa shape index (κ2) is 7.94. The molecule has 10 nitrogen and oxygen atoms in total. The van der Waals surface area contributed by atoms with Crippen LogP contribution >= 0.6 is 0 Å². The number of tetrazole rings is 1. The van der Waals surface area contributed by atoms with Crippen LogP contribution in [0.5, 0.6) is 0 Å². The highest BCUT2D eigenvalue weighted by atomic mass is 16.5. The fraction of sp³-hybridized carbons (Fsp3) is 0.412. The Hall–Kier alpha value is -3.30. The zero-order valence-electron chi connectivity index (χ0n) is 15.1. The molecule has 10 heteroatoms. The first-order chi connectivity index (χ1) is 13.0. The van der Waals surface area contributed by atoms with Crippen LogP contribution in [-0.4, -0.2) is 80.1 Å². The smallest absolute Gasteiger partial charge is 0.338 e. The average Bonchev–Trinajstić information content (AvgIpc) is 3.22. The van der Waals surface area contributed by atoms with Gasteiger partial charge in [-0.15, -0.1) is 5.10 Å². The second-order valence-corrected chi connectivity index (χ2v) is 6.18. The number of hydrogen-bond acceptors (Lipinski definition) is 7. The summed E-state index contributed by atoms with van der Waals surface area (Å²) in [5, 5.41) is 10.9. The van der Waals surface area contributed by atoms with E-state index >= 15 is 0 Å². The third-order valence-corrected chi connectivity index (χ3v) is 4.36. The van der Waals surface area contributed by atoms with Gasteiger partial charge in [0.25, 0.3) is 5.91 Å². The molecule has 1 aromatic carbocycles. The van der Waals surface area contributed by atoms with Crippen molar-refractivity contribution in [1.29, 1.82) is 0 Å². The van der Waals surface area contributed by atoms with E-state index in [4.69, 9.17) is 4.74 Å². The van der Waals surface area contributed by atoms with Crippen LogP contribution < -0.4 is 0 Å². The minimum Gasteiger partial charge on any atom is -0.449 e. The lowest BCUT2D eigenvalue weighted by molar-refractivity contribution is -0.144. The van der Waals surface area contributed by atoms with Crippen molar-refractivity contribution in [1.82, 2.24) is 30.0 Å². The van der Waals surface area contributed by atoms with E-state index in [1.165, 1.54) is 17.9 Å². The summed E-state index contributed by atoms with van der Waals surface area (Å²) in [5.74, 6) is -0.889. The maximum absolute atomic E-state index is 12.5. The minimum atomic E-state index is -0.918. The van der Waals surface area contributed by atoms with Gasteiger partial charge in [-0.2, -0.15) is 0 Å². The number of esters is 1. The normalized spacial score (nSPS) is 15.3. The maximum atomic E-state index is 12.5. The summed E-state index contributed by atoms with van der Waals surface area (Å²) in [7, 11) is 0. The quantitative estimate of drug-likeness (QED) is 0.689. The van der Waals surface area contributed by atoms with Gasteiger partial charge in [0.1, 0.15) is 6.33 Å². The van der Waals surface area contributed by atoms with Gasteiger partial charge in [0, 0.05) is 33.1 Å². The van der Waals surface area contributed by atoms with Gasteiger partial charge in [-0.1, -0.05) is 6.07 Å². The van der Waals surface area contributed by atoms with E-state index in [0.29, 0.717) is 37.4 Å². The number of carbonyl (C=O) groups excluding carboxylic acids is 3. The monoisotopic (exact) mass is 372 g/mol. The van der Waals surface area contributed by atoms with E-state index in [1.807, 2.05) is 0 Å². The Bertz CT molecular complexity index is 830. The number of amides is 2. The summed E-state index contributed by atoms with van der Waals surface area (Å²) in [4.78, 5) is 39.6. The van der Waals surface area contributed by atoms with E-state index in [0.717, 1.165) is 0 Å². The van der Waals surface area contributed by atoms with E-state index < -0.39 is 12.1 Å². The molecule has 1 unspecified atom stereocenters. The first kappa shape index (κ1) is 18.5. The van der Waals surface area contributed by atoms with Gasteiger partial charge in [0.05, 0.1) is 11.3 Å². The van der Waals surface area contributed by atoms with Gasteiger partial charge < -0.3 is 14.5 Å². The van der Waals surface area contributed by atoms with Crippen molar-refractivity contribution in [2.24, 2.45) is 0 Å². The molecule has 142 valence electrons.